The topological polar surface area (TPSA) is 58.4 Å². The Hall–Kier alpha value is -1.62. The van der Waals surface area contributed by atoms with Gasteiger partial charge < -0.3 is 5.11 Å². The van der Waals surface area contributed by atoms with Gasteiger partial charge in [0.1, 0.15) is 0 Å². The third kappa shape index (κ3) is 2.08. The molecule has 0 amide bonds. The summed E-state index contributed by atoms with van der Waals surface area (Å²) < 4.78 is 1.80. The highest BCUT2D eigenvalue weighted by Gasteiger charge is 2.33. The fourth-order valence-corrected chi connectivity index (χ4v) is 3.13. The van der Waals surface area contributed by atoms with E-state index in [0.29, 0.717) is 12.6 Å². The van der Waals surface area contributed by atoms with Crippen LogP contribution in [-0.4, -0.2) is 44.9 Å². The van der Waals surface area contributed by atoms with E-state index in [1.807, 2.05) is 0 Å². The lowest BCUT2D eigenvalue weighted by atomic mass is 9.89. The zero-order valence-electron chi connectivity index (χ0n) is 11.0. The Bertz CT molecular complexity index is 517. The number of hydrogen-bond acceptors (Lipinski definition) is 3. The first-order chi connectivity index (χ1) is 9.20. The van der Waals surface area contributed by atoms with E-state index in [2.05, 4.69) is 16.6 Å². The number of carboxylic acid groups (broad SMARTS) is 1. The van der Waals surface area contributed by atoms with Gasteiger partial charge in [0.05, 0.1) is 6.54 Å². The second-order valence-corrected chi connectivity index (χ2v) is 5.34. The molecule has 1 aliphatic heterocycles. The fourth-order valence-electron chi connectivity index (χ4n) is 3.13. The molecule has 1 aliphatic carbocycles. The standard InChI is InChI=1S/C14H19N3O2/c1-2-6-17-12-5-4-10(16-7-3-8-16)9-11(12)13(15-17)14(18)19/h2,10H,1,3-9H2,(H,18,19)/t10-/m0/s1. The number of allylic oxidation sites excluding steroid dienone is 1. The summed E-state index contributed by atoms with van der Waals surface area (Å²) in [6.07, 6.45) is 5.89. The summed E-state index contributed by atoms with van der Waals surface area (Å²) in [5.74, 6) is -0.914. The molecule has 3 rings (SSSR count). The van der Waals surface area contributed by atoms with Crippen LogP contribution in [0.5, 0.6) is 0 Å². The first-order valence-corrected chi connectivity index (χ1v) is 6.87. The molecule has 0 bridgehead atoms. The van der Waals surface area contributed by atoms with Crippen molar-refractivity contribution in [2.24, 2.45) is 0 Å². The Morgan fingerprint density at radius 3 is 2.89 bits per heavy atom. The molecular weight excluding hydrogens is 242 g/mol. The Kier molecular flexibility index (Phi) is 3.14. The maximum Gasteiger partial charge on any atom is 0.356 e. The highest BCUT2D eigenvalue weighted by Crippen LogP contribution is 2.29. The summed E-state index contributed by atoms with van der Waals surface area (Å²) in [5, 5.41) is 13.5. The molecule has 0 radical (unpaired) electrons. The smallest absolute Gasteiger partial charge is 0.356 e. The van der Waals surface area contributed by atoms with E-state index in [4.69, 9.17) is 0 Å². The van der Waals surface area contributed by atoms with Crippen molar-refractivity contribution in [2.45, 2.75) is 38.3 Å². The first kappa shape index (κ1) is 12.4. The largest absolute Gasteiger partial charge is 0.476 e. The van der Waals surface area contributed by atoms with E-state index in [-0.39, 0.29) is 5.69 Å². The first-order valence-electron chi connectivity index (χ1n) is 6.87. The Morgan fingerprint density at radius 2 is 2.32 bits per heavy atom. The molecule has 5 heteroatoms. The number of aromatic carboxylic acids is 1. The van der Waals surface area contributed by atoms with Crippen molar-refractivity contribution in [3.05, 3.63) is 29.6 Å². The maximum atomic E-state index is 11.3. The number of fused-ring (bicyclic) bond motifs is 1. The van der Waals surface area contributed by atoms with E-state index >= 15 is 0 Å². The van der Waals surface area contributed by atoms with Crippen LogP contribution in [0.3, 0.4) is 0 Å². The molecule has 0 spiro atoms. The molecule has 19 heavy (non-hydrogen) atoms. The van der Waals surface area contributed by atoms with Gasteiger partial charge in [-0.2, -0.15) is 5.10 Å². The quantitative estimate of drug-likeness (QED) is 0.831. The van der Waals surface area contributed by atoms with Crippen LogP contribution in [0.1, 0.15) is 34.6 Å². The number of nitrogens with zero attached hydrogens (tertiary/aromatic N) is 3. The summed E-state index contributed by atoms with van der Waals surface area (Å²) in [5.41, 5.74) is 2.27. The lowest BCUT2D eigenvalue weighted by Crippen LogP contribution is -2.47. The molecule has 1 aromatic heterocycles. The van der Waals surface area contributed by atoms with Gasteiger partial charge in [-0.25, -0.2) is 4.79 Å². The molecule has 0 unspecified atom stereocenters. The lowest BCUT2D eigenvalue weighted by molar-refractivity contribution is 0.0686. The molecule has 1 saturated heterocycles. The normalized spacial score (nSPS) is 22.6. The molecule has 1 fully saturated rings. The van der Waals surface area contributed by atoms with Crippen LogP contribution >= 0.6 is 0 Å². The van der Waals surface area contributed by atoms with Gasteiger partial charge in [0, 0.05) is 17.3 Å². The molecular formula is C14H19N3O2. The van der Waals surface area contributed by atoms with Crippen LogP contribution in [0.4, 0.5) is 0 Å². The number of carboxylic acids is 1. The summed E-state index contributed by atoms with van der Waals surface area (Å²) in [6, 6.07) is 0.501. The minimum absolute atomic E-state index is 0.238. The molecule has 1 aromatic rings. The van der Waals surface area contributed by atoms with Crippen LogP contribution in [0, 0.1) is 0 Å². The third-order valence-corrected chi connectivity index (χ3v) is 4.23. The van der Waals surface area contributed by atoms with E-state index in [1.54, 1.807) is 10.8 Å². The summed E-state index contributed by atoms with van der Waals surface area (Å²) in [7, 11) is 0. The van der Waals surface area contributed by atoms with E-state index in [9.17, 15) is 9.90 Å². The van der Waals surface area contributed by atoms with Crippen molar-refractivity contribution in [3.8, 4) is 0 Å². The average molecular weight is 261 g/mol. The zero-order valence-corrected chi connectivity index (χ0v) is 11.0. The van der Waals surface area contributed by atoms with E-state index < -0.39 is 5.97 Å². The molecule has 1 atom stereocenters. The monoisotopic (exact) mass is 261 g/mol. The second kappa shape index (κ2) is 4.81. The number of likely N-dealkylation sites (tertiary alicyclic amines) is 1. The average Bonchev–Trinajstić information content (AvgIpc) is 2.66. The predicted molar refractivity (Wildman–Crippen MR) is 71.4 cm³/mol. The predicted octanol–water partition coefficient (Wildman–Crippen LogP) is 1.33. The van der Waals surface area contributed by atoms with Gasteiger partial charge in [0.2, 0.25) is 0 Å². The second-order valence-electron chi connectivity index (χ2n) is 5.34. The number of rotatable bonds is 4. The van der Waals surface area contributed by atoms with Gasteiger partial charge in [0.25, 0.3) is 0 Å². The van der Waals surface area contributed by atoms with E-state index in [1.165, 1.54) is 6.42 Å². The minimum Gasteiger partial charge on any atom is -0.476 e. The molecule has 2 heterocycles. The SMILES string of the molecule is C=CCn1nc(C(=O)O)c2c1CC[C@H](N1CCC1)C2. The molecule has 0 saturated carbocycles. The van der Waals surface area contributed by atoms with Crippen LogP contribution in [-0.2, 0) is 19.4 Å². The Balaban J connectivity index is 1.92. The van der Waals surface area contributed by atoms with Crippen molar-refractivity contribution in [3.63, 3.8) is 0 Å². The molecule has 1 N–H and O–H groups in total. The van der Waals surface area contributed by atoms with Crippen LogP contribution in [0.15, 0.2) is 12.7 Å². The van der Waals surface area contributed by atoms with E-state index in [0.717, 1.165) is 43.6 Å². The van der Waals surface area contributed by atoms with Gasteiger partial charge in [-0.15, -0.1) is 6.58 Å². The molecule has 0 aromatic carbocycles. The Labute approximate surface area is 112 Å². The maximum absolute atomic E-state index is 11.3. The van der Waals surface area contributed by atoms with Gasteiger partial charge >= 0.3 is 5.97 Å². The fraction of sp³-hybridized carbons (Fsp3) is 0.571. The van der Waals surface area contributed by atoms with Gasteiger partial charge in [-0.3, -0.25) is 9.58 Å². The van der Waals surface area contributed by atoms with Crippen molar-refractivity contribution in [1.29, 1.82) is 0 Å². The van der Waals surface area contributed by atoms with Gasteiger partial charge in [-0.05, 0) is 38.8 Å². The van der Waals surface area contributed by atoms with Gasteiger partial charge in [0.15, 0.2) is 5.69 Å². The van der Waals surface area contributed by atoms with Crippen LogP contribution < -0.4 is 0 Å². The molecule has 102 valence electrons. The summed E-state index contributed by atoms with van der Waals surface area (Å²) >= 11 is 0. The highest BCUT2D eigenvalue weighted by atomic mass is 16.4. The van der Waals surface area contributed by atoms with Crippen molar-refractivity contribution >= 4 is 5.97 Å². The number of aromatic nitrogens is 2. The summed E-state index contributed by atoms with van der Waals surface area (Å²) in [6.45, 7) is 6.61. The van der Waals surface area contributed by atoms with Crippen molar-refractivity contribution < 1.29 is 9.90 Å². The van der Waals surface area contributed by atoms with Crippen LogP contribution in [0.2, 0.25) is 0 Å². The minimum atomic E-state index is -0.914. The summed E-state index contributed by atoms with van der Waals surface area (Å²) in [4.78, 5) is 13.8. The molecule has 5 nitrogen and oxygen atoms in total. The van der Waals surface area contributed by atoms with Crippen molar-refractivity contribution in [1.82, 2.24) is 14.7 Å². The van der Waals surface area contributed by atoms with Crippen LogP contribution in [0.25, 0.3) is 0 Å². The highest BCUT2D eigenvalue weighted by molar-refractivity contribution is 5.87. The zero-order chi connectivity index (χ0) is 13.4. The lowest BCUT2D eigenvalue weighted by Gasteiger charge is -2.40. The van der Waals surface area contributed by atoms with Crippen molar-refractivity contribution in [2.75, 3.05) is 13.1 Å². The molecule has 2 aliphatic rings. The third-order valence-electron chi connectivity index (χ3n) is 4.23. The number of carbonyl (C=O) groups is 1. The number of hydrogen-bond donors (Lipinski definition) is 1. The Morgan fingerprint density at radius 1 is 1.53 bits per heavy atom. The van der Waals surface area contributed by atoms with Gasteiger partial charge in [-0.1, -0.05) is 6.08 Å².